The molecule has 0 aliphatic rings. The Morgan fingerprint density at radius 2 is 0.941 bits per heavy atom. The second-order valence-corrected chi connectivity index (χ2v) is 13.1. The van der Waals surface area contributed by atoms with Crippen molar-refractivity contribution in [1.82, 2.24) is 0 Å². The summed E-state index contributed by atoms with van der Waals surface area (Å²) in [6, 6.07) is 33.2. The molecule has 0 aliphatic carbocycles. The van der Waals surface area contributed by atoms with E-state index in [-0.39, 0.29) is 0 Å². The Kier molecular flexibility index (Phi) is 8.87. The van der Waals surface area contributed by atoms with Crippen LogP contribution < -0.4 is 30.7 Å². The Hall–Kier alpha value is -2.08. The van der Waals surface area contributed by atoms with Crippen LogP contribution in [-0.2, 0) is 0 Å². The SMILES string of the molecule is COc1ccc(Cl)cc1P(CCP(c1ccccc1)c1cc(Cl)ccc1OC)c1ccccc1. The lowest BCUT2D eigenvalue weighted by Crippen LogP contribution is -2.21. The summed E-state index contributed by atoms with van der Waals surface area (Å²) in [7, 11) is 2.05. The summed E-state index contributed by atoms with van der Waals surface area (Å²) in [5, 5.41) is 6.38. The minimum atomic E-state index is -0.696. The molecule has 2 atom stereocenters. The highest BCUT2D eigenvalue weighted by Crippen LogP contribution is 2.45. The Bertz CT molecular complexity index is 1120. The number of halogens is 2. The maximum absolute atomic E-state index is 6.44. The topological polar surface area (TPSA) is 18.5 Å². The molecule has 2 unspecified atom stereocenters. The van der Waals surface area contributed by atoms with Gasteiger partial charge in [-0.25, -0.2) is 0 Å². The van der Waals surface area contributed by atoms with Crippen LogP contribution in [0.15, 0.2) is 97.1 Å². The Morgan fingerprint density at radius 3 is 1.29 bits per heavy atom. The first kappa shape index (κ1) is 25.0. The molecule has 2 nitrogen and oxygen atoms in total. The third-order valence-corrected chi connectivity index (χ3v) is 11.4. The summed E-state index contributed by atoms with van der Waals surface area (Å²) in [5.74, 6) is 1.76. The zero-order chi connectivity index (χ0) is 23.9. The van der Waals surface area contributed by atoms with Crippen LogP contribution in [0.25, 0.3) is 0 Å². The quantitative estimate of drug-likeness (QED) is 0.229. The molecule has 0 heterocycles. The van der Waals surface area contributed by atoms with Crippen LogP contribution in [0.4, 0.5) is 0 Å². The van der Waals surface area contributed by atoms with Crippen LogP contribution in [-0.4, -0.2) is 26.5 Å². The first-order valence-electron chi connectivity index (χ1n) is 10.9. The van der Waals surface area contributed by atoms with Crippen molar-refractivity contribution in [2.45, 2.75) is 0 Å². The number of benzene rings is 4. The van der Waals surface area contributed by atoms with Crippen molar-refractivity contribution in [1.29, 1.82) is 0 Å². The predicted molar refractivity (Wildman–Crippen MR) is 151 cm³/mol. The van der Waals surface area contributed by atoms with Crippen LogP contribution >= 0.6 is 39.0 Å². The fraction of sp³-hybridized carbons (Fsp3) is 0.143. The Labute approximate surface area is 214 Å². The van der Waals surface area contributed by atoms with Crippen LogP contribution in [0.3, 0.4) is 0 Å². The second-order valence-electron chi connectivity index (χ2n) is 7.61. The van der Waals surface area contributed by atoms with E-state index in [1.54, 1.807) is 14.2 Å². The molecule has 0 N–H and O–H groups in total. The third-order valence-electron chi connectivity index (χ3n) is 5.55. The summed E-state index contributed by atoms with van der Waals surface area (Å²) in [6.45, 7) is 0. The van der Waals surface area contributed by atoms with Gasteiger partial charge in [-0.15, -0.1) is 0 Å². The van der Waals surface area contributed by atoms with E-state index in [4.69, 9.17) is 32.7 Å². The number of rotatable bonds is 9. The van der Waals surface area contributed by atoms with Gasteiger partial charge in [-0.1, -0.05) is 83.9 Å². The molecule has 0 saturated carbocycles. The van der Waals surface area contributed by atoms with Gasteiger partial charge in [0, 0.05) is 20.7 Å². The molecule has 0 amide bonds. The molecule has 4 rings (SSSR count). The van der Waals surface area contributed by atoms with E-state index < -0.39 is 15.8 Å². The van der Waals surface area contributed by atoms with Crippen molar-refractivity contribution in [2.24, 2.45) is 0 Å². The minimum absolute atomic E-state index is 0.696. The average molecular weight is 527 g/mol. The van der Waals surface area contributed by atoms with E-state index in [0.717, 1.165) is 44.5 Å². The summed E-state index contributed by atoms with van der Waals surface area (Å²) < 4.78 is 11.5. The highest BCUT2D eigenvalue weighted by atomic mass is 35.5. The molecule has 0 fully saturated rings. The van der Waals surface area contributed by atoms with E-state index >= 15 is 0 Å². The standard InChI is InChI=1S/C28H26Cl2O2P2/c1-31-25-15-13-21(29)19-27(25)33(23-9-5-3-6-10-23)17-18-34(24-11-7-4-8-12-24)28-20-22(30)14-16-26(28)32-2/h3-16,19-20H,17-18H2,1-2H3. The van der Waals surface area contributed by atoms with Gasteiger partial charge >= 0.3 is 0 Å². The number of hydrogen-bond donors (Lipinski definition) is 0. The highest BCUT2D eigenvalue weighted by molar-refractivity contribution is 7.76. The number of ether oxygens (including phenoxy) is 2. The van der Waals surface area contributed by atoms with Gasteiger partial charge in [-0.3, -0.25) is 0 Å². The molecule has 0 radical (unpaired) electrons. The maximum atomic E-state index is 6.44. The second kappa shape index (κ2) is 12.1. The molecule has 0 aliphatic heterocycles. The van der Waals surface area contributed by atoms with E-state index in [9.17, 15) is 0 Å². The molecular weight excluding hydrogens is 501 g/mol. The van der Waals surface area contributed by atoms with Crippen molar-refractivity contribution in [3.05, 3.63) is 107 Å². The van der Waals surface area contributed by atoms with Crippen molar-refractivity contribution in [3.8, 4) is 11.5 Å². The molecular formula is C28H26Cl2O2P2. The monoisotopic (exact) mass is 526 g/mol. The predicted octanol–water partition coefficient (Wildman–Crippen LogP) is 6.58. The van der Waals surface area contributed by atoms with Crippen LogP contribution in [0, 0.1) is 0 Å². The lowest BCUT2D eigenvalue weighted by atomic mass is 10.3. The zero-order valence-corrected chi connectivity index (χ0v) is 22.4. The summed E-state index contributed by atoms with van der Waals surface area (Å²) >= 11 is 12.9. The normalized spacial score (nSPS) is 12.7. The van der Waals surface area contributed by atoms with Gasteiger partial charge < -0.3 is 9.47 Å². The van der Waals surface area contributed by atoms with Crippen molar-refractivity contribution in [3.63, 3.8) is 0 Å². The first-order chi connectivity index (χ1) is 16.6. The third kappa shape index (κ3) is 5.94. The molecule has 0 spiro atoms. The first-order valence-corrected chi connectivity index (χ1v) is 14.7. The van der Waals surface area contributed by atoms with E-state index in [1.807, 2.05) is 24.3 Å². The molecule has 0 bridgehead atoms. The van der Waals surface area contributed by atoms with Gasteiger partial charge in [0.25, 0.3) is 0 Å². The van der Waals surface area contributed by atoms with Gasteiger partial charge in [0.15, 0.2) is 0 Å². The van der Waals surface area contributed by atoms with E-state index in [0.29, 0.717) is 0 Å². The van der Waals surface area contributed by atoms with Crippen LogP contribution in [0.2, 0.25) is 10.0 Å². The van der Waals surface area contributed by atoms with Crippen molar-refractivity contribution < 1.29 is 9.47 Å². The van der Waals surface area contributed by atoms with Gasteiger partial charge in [0.2, 0.25) is 0 Å². The Balaban J connectivity index is 1.76. The van der Waals surface area contributed by atoms with Crippen molar-refractivity contribution in [2.75, 3.05) is 26.5 Å². The van der Waals surface area contributed by atoms with Crippen molar-refractivity contribution >= 4 is 60.3 Å². The molecule has 6 heteroatoms. The molecule has 0 saturated heterocycles. The fourth-order valence-electron chi connectivity index (χ4n) is 3.94. The average Bonchev–Trinajstić information content (AvgIpc) is 2.88. The molecule has 4 aromatic rings. The maximum Gasteiger partial charge on any atom is 0.126 e. The van der Waals surface area contributed by atoms with Gasteiger partial charge in [-0.2, -0.15) is 0 Å². The van der Waals surface area contributed by atoms with Crippen LogP contribution in [0.5, 0.6) is 11.5 Å². The summed E-state index contributed by atoms with van der Waals surface area (Å²) in [4.78, 5) is 0. The smallest absolute Gasteiger partial charge is 0.126 e. The van der Waals surface area contributed by atoms with Crippen LogP contribution in [0.1, 0.15) is 0 Å². The number of hydrogen-bond acceptors (Lipinski definition) is 2. The van der Waals surface area contributed by atoms with E-state index in [1.165, 1.54) is 10.6 Å². The van der Waals surface area contributed by atoms with E-state index in [2.05, 4.69) is 72.8 Å². The van der Waals surface area contributed by atoms with Gasteiger partial charge in [-0.05, 0) is 75.2 Å². The largest absolute Gasteiger partial charge is 0.496 e. The fourth-order valence-corrected chi connectivity index (χ4v) is 10.1. The Morgan fingerprint density at radius 1 is 0.559 bits per heavy atom. The number of methoxy groups -OCH3 is 2. The lowest BCUT2D eigenvalue weighted by Gasteiger charge is -2.26. The van der Waals surface area contributed by atoms with Gasteiger partial charge in [0.05, 0.1) is 14.2 Å². The molecule has 174 valence electrons. The highest BCUT2D eigenvalue weighted by Gasteiger charge is 2.24. The lowest BCUT2D eigenvalue weighted by molar-refractivity contribution is 0.418. The zero-order valence-electron chi connectivity index (χ0n) is 19.1. The minimum Gasteiger partial charge on any atom is -0.496 e. The van der Waals surface area contributed by atoms with Gasteiger partial charge in [0.1, 0.15) is 11.5 Å². The molecule has 0 aromatic heterocycles. The molecule has 4 aromatic carbocycles. The summed E-state index contributed by atoms with van der Waals surface area (Å²) in [5.41, 5.74) is 0. The molecule has 34 heavy (non-hydrogen) atoms. The summed E-state index contributed by atoms with van der Waals surface area (Å²) in [6.07, 6.45) is 1.96.